The van der Waals surface area contributed by atoms with E-state index >= 15 is 0 Å². The lowest BCUT2D eigenvalue weighted by Gasteiger charge is -2.13. The quantitative estimate of drug-likeness (QED) is 0.537. The number of rotatable bonds is 1. The Balaban J connectivity index is 3.77. The zero-order valence-corrected chi connectivity index (χ0v) is 8.98. The molecule has 1 aromatic heterocycles. The Hall–Kier alpha value is -1.54. The third kappa shape index (κ3) is 1.34. The highest BCUT2D eigenvalue weighted by Crippen LogP contribution is 2.20. The number of anilines is 1. The van der Waals surface area contributed by atoms with Gasteiger partial charge >= 0.3 is 0 Å². The summed E-state index contributed by atoms with van der Waals surface area (Å²) >= 11 is 5.09. The van der Waals surface area contributed by atoms with Crippen molar-refractivity contribution >= 4 is 18.0 Å². The molecule has 0 saturated heterocycles. The van der Waals surface area contributed by atoms with Crippen LogP contribution in [0.1, 0.15) is 23.6 Å². The van der Waals surface area contributed by atoms with Gasteiger partial charge in [-0.05, 0) is 24.5 Å². The first kappa shape index (κ1) is 10.5. The highest BCUT2D eigenvalue weighted by atomic mass is 32.1. The highest BCUT2D eigenvalue weighted by Gasteiger charge is 2.12. The predicted molar refractivity (Wildman–Crippen MR) is 58.7 cm³/mol. The molecule has 0 bridgehead atoms. The van der Waals surface area contributed by atoms with Crippen LogP contribution < -0.4 is 11.6 Å². The predicted octanol–water partition coefficient (Wildman–Crippen LogP) is 1.26. The molecule has 0 spiro atoms. The minimum absolute atomic E-state index is 0.236. The van der Waals surface area contributed by atoms with E-state index in [-0.39, 0.29) is 5.82 Å². The lowest BCUT2D eigenvalue weighted by atomic mass is 10.0. The van der Waals surface area contributed by atoms with E-state index in [1.807, 2.05) is 13.8 Å². The number of nitrogens with two attached hydrogens (primary N) is 2. The van der Waals surface area contributed by atoms with E-state index in [4.69, 9.17) is 29.1 Å². The summed E-state index contributed by atoms with van der Waals surface area (Å²) in [5.41, 5.74) is 7.86. The summed E-state index contributed by atoms with van der Waals surface area (Å²) in [4.78, 5) is 0. The van der Waals surface area contributed by atoms with Gasteiger partial charge in [-0.25, -0.2) is 4.68 Å². The largest absolute Gasteiger partial charge is 0.383 e. The molecule has 0 saturated carbocycles. The molecule has 0 aliphatic heterocycles. The van der Waals surface area contributed by atoms with Crippen LogP contribution in [0.2, 0.25) is 0 Å². The van der Waals surface area contributed by atoms with Gasteiger partial charge < -0.3 is 11.6 Å². The Kier molecular flexibility index (Phi) is 2.77. The lowest BCUT2D eigenvalue weighted by Crippen LogP contribution is -2.19. The summed E-state index contributed by atoms with van der Waals surface area (Å²) in [6, 6.07) is 2.05. The zero-order chi connectivity index (χ0) is 10.9. The van der Waals surface area contributed by atoms with Crippen LogP contribution in [0.3, 0.4) is 0 Å². The van der Waals surface area contributed by atoms with E-state index in [9.17, 15) is 0 Å². The molecule has 1 aromatic rings. The van der Waals surface area contributed by atoms with E-state index in [0.29, 0.717) is 10.2 Å². The molecule has 0 fully saturated rings. The molecule has 0 radical (unpaired) electrons. The van der Waals surface area contributed by atoms with Crippen LogP contribution in [0.15, 0.2) is 0 Å². The molecule has 4 N–H and O–H groups in total. The van der Waals surface area contributed by atoms with E-state index in [0.717, 1.165) is 17.5 Å². The molecule has 1 rings (SSSR count). The van der Waals surface area contributed by atoms with Gasteiger partial charge in [0.15, 0.2) is 0 Å². The molecular formula is C9H12N4S. The van der Waals surface area contributed by atoms with Gasteiger partial charge in [0.2, 0.25) is 0 Å². The number of hydrogen-bond donors (Lipinski definition) is 2. The number of aromatic nitrogens is 1. The molecule has 0 amide bonds. The number of nitriles is 1. The van der Waals surface area contributed by atoms with Gasteiger partial charge in [-0.15, -0.1) is 0 Å². The summed E-state index contributed by atoms with van der Waals surface area (Å²) in [7, 11) is 0. The minimum Gasteiger partial charge on any atom is -0.383 e. The molecule has 0 unspecified atom stereocenters. The topological polar surface area (TPSA) is 80.8 Å². The zero-order valence-electron chi connectivity index (χ0n) is 8.16. The van der Waals surface area contributed by atoms with Crippen molar-refractivity contribution in [2.45, 2.75) is 20.3 Å². The van der Waals surface area contributed by atoms with E-state index in [2.05, 4.69) is 6.07 Å². The fourth-order valence-electron chi connectivity index (χ4n) is 1.45. The summed E-state index contributed by atoms with van der Waals surface area (Å²) in [6.07, 6.45) is 0.726. The van der Waals surface area contributed by atoms with Crippen molar-refractivity contribution in [1.82, 2.24) is 4.68 Å². The van der Waals surface area contributed by atoms with Crippen LogP contribution in [-0.4, -0.2) is 4.68 Å². The number of hydrogen-bond acceptors (Lipinski definition) is 4. The summed E-state index contributed by atoms with van der Waals surface area (Å²) in [5.74, 6) is 5.86. The van der Waals surface area contributed by atoms with Crippen molar-refractivity contribution in [2.75, 3.05) is 11.6 Å². The molecule has 14 heavy (non-hydrogen) atoms. The first-order valence-electron chi connectivity index (χ1n) is 4.23. The Labute approximate surface area is 87.7 Å². The van der Waals surface area contributed by atoms with Crippen molar-refractivity contribution in [3.8, 4) is 6.07 Å². The Morgan fingerprint density at radius 1 is 1.57 bits per heavy atom. The minimum atomic E-state index is 0.236. The SMILES string of the molecule is CCc1c(C#N)c(N)n(N)c(=S)c1C. The molecule has 0 aliphatic carbocycles. The fraction of sp³-hybridized carbons (Fsp3) is 0.333. The van der Waals surface area contributed by atoms with Crippen LogP contribution in [0.25, 0.3) is 0 Å². The molecular weight excluding hydrogens is 196 g/mol. The molecule has 1 heterocycles. The van der Waals surface area contributed by atoms with E-state index in [1.54, 1.807) is 0 Å². The number of pyridine rings is 1. The Bertz CT molecular complexity index is 467. The second-order valence-corrected chi connectivity index (χ2v) is 3.39. The third-order valence-corrected chi connectivity index (χ3v) is 2.78. The Morgan fingerprint density at radius 3 is 2.57 bits per heavy atom. The maximum atomic E-state index is 8.94. The normalized spacial score (nSPS) is 9.79. The van der Waals surface area contributed by atoms with Crippen LogP contribution in [-0.2, 0) is 6.42 Å². The van der Waals surface area contributed by atoms with Crippen LogP contribution in [0.5, 0.6) is 0 Å². The maximum Gasteiger partial charge on any atom is 0.141 e. The summed E-state index contributed by atoms with van der Waals surface area (Å²) < 4.78 is 1.67. The van der Waals surface area contributed by atoms with Crippen LogP contribution in [0, 0.1) is 22.9 Å². The van der Waals surface area contributed by atoms with Gasteiger partial charge in [-0.2, -0.15) is 5.26 Å². The van der Waals surface area contributed by atoms with Gasteiger partial charge in [-0.1, -0.05) is 19.1 Å². The van der Waals surface area contributed by atoms with Gasteiger partial charge in [-0.3, -0.25) is 0 Å². The number of nitrogens with zero attached hydrogens (tertiary/aromatic N) is 2. The van der Waals surface area contributed by atoms with Crippen molar-refractivity contribution in [3.05, 3.63) is 21.3 Å². The second-order valence-electron chi connectivity index (χ2n) is 3.00. The Morgan fingerprint density at radius 2 is 2.14 bits per heavy atom. The van der Waals surface area contributed by atoms with Gasteiger partial charge in [0.1, 0.15) is 16.5 Å². The molecule has 0 atom stereocenters. The van der Waals surface area contributed by atoms with Gasteiger partial charge in [0, 0.05) is 0 Å². The smallest absolute Gasteiger partial charge is 0.141 e. The standard InChI is InChI=1S/C9H12N4S/c1-3-6-5(2)9(14)13(12)8(11)7(6)4-10/h3,11-12H2,1-2H3. The first-order chi connectivity index (χ1) is 6.54. The van der Waals surface area contributed by atoms with Crippen LogP contribution >= 0.6 is 12.2 Å². The molecule has 4 nitrogen and oxygen atoms in total. The summed E-state index contributed by atoms with van der Waals surface area (Å²) in [6.45, 7) is 3.81. The second kappa shape index (κ2) is 3.68. The van der Waals surface area contributed by atoms with Gasteiger partial charge in [0.05, 0.1) is 5.56 Å². The van der Waals surface area contributed by atoms with Crippen molar-refractivity contribution < 1.29 is 0 Å². The first-order valence-corrected chi connectivity index (χ1v) is 4.64. The molecule has 0 aromatic carbocycles. The average Bonchev–Trinajstić information content (AvgIpc) is 2.20. The van der Waals surface area contributed by atoms with Crippen LogP contribution in [0.4, 0.5) is 5.82 Å². The van der Waals surface area contributed by atoms with Crippen molar-refractivity contribution in [2.24, 2.45) is 0 Å². The third-order valence-electron chi connectivity index (χ3n) is 2.28. The summed E-state index contributed by atoms with van der Waals surface area (Å²) in [5, 5.41) is 8.94. The molecule has 74 valence electrons. The molecule has 0 aliphatic rings. The lowest BCUT2D eigenvalue weighted by molar-refractivity contribution is 0.937. The fourth-order valence-corrected chi connectivity index (χ4v) is 1.67. The van der Waals surface area contributed by atoms with E-state index in [1.165, 1.54) is 4.68 Å². The monoisotopic (exact) mass is 208 g/mol. The molecule has 5 heteroatoms. The maximum absolute atomic E-state index is 8.94. The number of nitrogen functional groups attached to an aromatic ring is 2. The van der Waals surface area contributed by atoms with Crippen molar-refractivity contribution in [1.29, 1.82) is 5.26 Å². The van der Waals surface area contributed by atoms with Crippen molar-refractivity contribution in [3.63, 3.8) is 0 Å². The van der Waals surface area contributed by atoms with E-state index < -0.39 is 0 Å². The average molecular weight is 208 g/mol. The highest BCUT2D eigenvalue weighted by molar-refractivity contribution is 7.71. The van der Waals surface area contributed by atoms with Gasteiger partial charge in [0.25, 0.3) is 0 Å².